The van der Waals surface area contributed by atoms with E-state index in [-0.39, 0.29) is 5.78 Å². The van der Waals surface area contributed by atoms with Gasteiger partial charge in [0.2, 0.25) is 5.78 Å². The molecule has 0 aliphatic heterocycles. The van der Waals surface area contributed by atoms with Crippen molar-refractivity contribution >= 4 is 16.7 Å². The molecule has 2 aromatic heterocycles. The molecule has 0 saturated heterocycles. The lowest BCUT2D eigenvalue weighted by Gasteiger charge is -2.00. The number of carbonyl (C=O) groups is 1. The molecule has 0 aliphatic rings. The second kappa shape index (κ2) is 4.07. The number of ketones is 1. The molecule has 2 heterocycles. The summed E-state index contributed by atoms with van der Waals surface area (Å²) in [5.41, 5.74) is 1.48. The number of aromatic amines is 1. The number of benzene rings is 1. The van der Waals surface area contributed by atoms with Crippen molar-refractivity contribution in [2.24, 2.45) is 0 Å². The first-order valence-corrected chi connectivity index (χ1v) is 5.53. The number of hydrogen-bond acceptors (Lipinski definition) is 3. The van der Waals surface area contributed by atoms with Gasteiger partial charge in [-0.3, -0.25) is 4.79 Å². The molecule has 0 spiro atoms. The van der Waals surface area contributed by atoms with Gasteiger partial charge in [0.25, 0.3) is 0 Å². The van der Waals surface area contributed by atoms with Crippen LogP contribution >= 0.6 is 0 Å². The van der Waals surface area contributed by atoms with Gasteiger partial charge in [-0.15, -0.1) is 0 Å². The molecule has 1 aromatic carbocycles. The van der Waals surface area contributed by atoms with Crippen LogP contribution in [-0.4, -0.2) is 17.9 Å². The van der Waals surface area contributed by atoms with Crippen LogP contribution in [0.4, 0.5) is 0 Å². The Balaban J connectivity index is 2.14. The number of methoxy groups -OCH3 is 1. The van der Waals surface area contributed by atoms with Crippen LogP contribution in [-0.2, 0) is 0 Å². The fourth-order valence-electron chi connectivity index (χ4n) is 1.96. The maximum absolute atomic E-state index is 12.2. The summed E-state index contributed by atoms with van der Waals surface area (Å²) in [6.07, 6.45) is 3.18. The monoisotopic (exact) mass is 241 g/mol. The van der Waals surface area contributed by atoms with Crippen LogP contribution in [0.1, 0.15) is 16.1 Å². The zero-order chi connectivity index (χ0) is 12.5. The SMILES string of the molecule is COc1ccc2[nH]cc(C(=O)c3ccco3)c2c1. The molecule has 0 saturated carbocycles. The van der Waals surface area contributed by atoms with E-state index in [2.05, 4.69) is 4.98 Å². The zero-order valence-corrected chi connectivity index (χ0v) is 9.77. The highest BCUT2D eigenvalue weighted by atomic mass is 16.5. The van der Waals surface area contributed by atoms with Crippen LogP contribution in [0.2, 0.25) is 0 Å². The van der Waals surface area contributed by atoms with Gasteiger partial charge in [0.1, 0.15) is 5.75 Å². The molecule has 0 amide bonds. The minimum absolute atomic E-state index is 0.139. The highest BCUT2D eigenvalue weighted by Gasteiger charge is 2.16. The predicted molar refractivity (Wildman–Crippen MR) is 67.0 cm³/mol. The van der Waals surface area contributed by atoms with E-state index in [1.807, 2.05) is 18.2 Å². The lowest BCUT2D eigenvalue weighted by atomic mass is 10.1. The van der Waals surface area contributed by atoms with E-state index >= 15 is 0 Å². The Hall–Kier alpha value is -2.49. The number of carbonyl (C=O) groups excluding carboxylic acids is 1. The molecule has 90 valence electrons. The van der Waals surface area contributed by atoms with Gasteiger partial charge in [0.05, 0.1) is 18.9 Å². The molecule has 3 aromatic rings. The summed E-state index contributed by atoms with van der Waals surface area (Å²) >= 11 is 0. The summed E-state index contributed by atoms with van der Waals surface area (Å²) in [5.74, 6) is 0.911. The Labute approximate surface area is 103 Å². The number of fused-ring (bicyclic) bond motifs is 1. The second-order valence-corrected chi connectivity index (χ2v) is 3.92. The van der Waals surface area contributed by atoms with Gasteiger partial charge in [0, 0.05) is 17.1 Å². The molecule has 18 heavy (non-hydrogen) atoms. The summed E-state index contributed by atoms with van der Waals surface area (Å²) in [6, 6.07) is 8.92. The number of aromatic nitrogens is 1. The molecule has 0 atom stereocenters. The van der Waals surface area contributed by atoms with Crippen LogP contribution in [0.15, 0.2) is 47.2 Å². The maximum Gasteiger partial charge on any atom is 0.230 e. The molecule has 4 nitrogen and oxygen atoms in total. The number of hydrogen-bond donors (Lipinski definition) is 1. The third-order valence-corrected chi connectivity index (χ3v) is 2.88. The van der Waals surface area contributed by atoms with Crippen molar-refractivity contribution in [3.63, 3.8) is 0 Å². The van der Waals surface area contributed by atoms with Gasteiger partial charge in [0.15, 0.2) is 5.76 Å². The average molecular weight is 241 g/mol. The zero-order valence-electron chi connectivity index (χ0n) is 9.77. The summed E-state index contributed by atoms with van der Waals surface area (Å²) in [4.78, 5) is 15.3. The van der Waals surface area contributed by atoms with Crippen molar-refractivity contribution in [1.82, 2.24) is 4.98 Å². The lowest BCUT2D eigenvalue weighted by molar-refractivity contribution is 0.101. The van der Waals surface area contributed by atoms with Crippen molar-refractivity contribution < 1.29 is 13.9 Å². The molecular formula is C14H11NO3. The van der Waals surface area contributed by atoms with Crippen molar-refractivity contribution in [3.8, 4) is 5.75 Å². The van der Waals surface area contributed by atoms with Gasteiger partial charge >= 0.3 is 0 Å². The summed E-state index contributed by atoms with van der Waals surface area (Å²) in [5, 5.41) is 0.829. The van der Waals surface area contributed by atoms with Crippen LogP contribution in [0.3, 0.4) is 0 Å². The van der Waals surface area contributed by atoms with E-state index in [1.54, 1.807) is 25.4 Å². The Morgan fingerprint density at radius 1 is 1.33 bits per heavy atom. The first kappa shape index (κ1) is 10.7. The van der Waals surface area contributed by atoms with Crippen molar-refractivity contribution in [3.05, 3.63) is 54.1 Å². The molecule has 4 heteroatoms. The standard InChI is InChI=1S/C14H11NO3/c1-17-9-4-5-12-10(7-9)11(8-15-12)14(16)13-3-2-6-18-13/h2-8,15H,1H3. The van der Waals surface area contributed by atoms with Gasteiger partial charge < -0.3 is 14.1 Å². The molecule has 0 radical (unpaired) electrons. The van der Waals surface area contributed by atoms with Gasteiger partial charge in [-0.1, -0.05) is 0 Å². The number of H-pyrrole nitrogens is 1. The topological polar surface area (TPSA) is 55.2 Å². The largest absolute Gasteiger partial charge is 0.497 e. The third kappa shape index (κ3) is 1.59. The van der Waals surface area contributed by atoms with Crippen LogP contribution in [0.5, 0.6) is 5.75 Å². The molecule has 0 bridgehead atoms. The van der Waals surface area contributed by atoms with Crippen LogP contribution in [0.25, 0.3) is 10.9 Å². The first-order chi connectivity index (χ1) is 8.79. The quantitative estimate of drug-likeness (QED) is 0.717. The molecule has 0 unspecified atom stereocenters. The van der Waals surface area contributed by atoms with Crippen LogP contribution in [0, 0.1) is 0 Å². The highest BCUT2D eigenvalue weighted by molar-refractivity contribution is 6.15. The average Bonchev–Trinajstić information content (AvgIpc) is 3.06. The van der Waals surface area contributed by atoms with Crippen molar-refractivity contribution in [1.29, 1.82) is 0 Å². The molecular weight excluding hydrogens is 230 g/mol. The van der Waals surface area contributed by atoms with E-state index in [9.17, 15) is 4.79 Å². The maximum atomic E-state index is 12.2. The fraction of sp³-hybridized carbons (Fsp3) is 0.0714. The van der Waals surface area contributed by atoms with Crippen molar-refractivity contribution in [2.75, 3.05) is 7.11 Å². The minimum Gasteiger partial charge on any atom is -0.497 e. The van der Waals surface area contributed by atoms with Gasteiger partial charge in [-0.05, 0) is 30.3 Å². The van der Waals surface area contributed by atoms with Crippen LogP contribution < -0.4 is 4.74 Å². The fourth-order valence-corrected chi connectivity index (χ4v) is 1.96. The number of furan rings is 1. The lowest BCUT2D eigenvalue weighted by Crippen LogP contribution is -1.98. The summed E-state index contributed by atoms with van der Waals surface area (Å²) < 4.78 is 10.3. The highest BCUT2D eigenvalue weighted by Crippen LogP contribution is 2.25. The van der Waals surface area contributed by atoms with E-state index in [0.717, 1.165) is 16.7 Å². The van der Waals surface area contributed by atoms with E-state index in [0.29, 0.717) is 11.3 Å². The molecule has 0 fully saturated rings. The predicted octanol–water partition coefficient (Wildman–Crippen LogP) is 3.00. The Morgan fingerprint density at radius 2 is 2.22 bits per heavy atom. The van der Waals surface area contributed by atoms with E-state index < -0.39 is 0 Å². The Kier molecular flexibility index (Phi) is 2.41. The van der Waals surface area contributed by atoms with Gasteiger partial charge in [-0.2, -0.15) is 0 Å². The van der Waals surface area contributed by atoms with E-state index in [4.69, 9.17) is 9.15 Å². The smallest absolute Gasteiger partial charge is 0.230 e. The van der Waals surface area contributed by atoms with Gasteiger partial charge in [-0.25, -0.2) is 0 Å². The van der Waals surface area contributed by atoms with Crippen molar-refractivity contribution in [2.45, 2.75) is 0 Å². The Bertz CT molecular complexity index is 695. The molecule has 0 aliphatic carbocycles. The summed E-state index contributed by atoms with van der Waals surface area (Å²) in [7, 11) is 1.60. The Morgan fingerprint density at radius 3 is 2.94 bits per heavy atom. The number of ether oxygens (including phenoxy) is 1. The third-order valence-electron chi connectivity index (χ3n) is 2.88. The van der Waals surface area contributed by atoms with E-state index in [1.165, 1.54) is 6.26 Å². The minimum atomic E-state index is -0.139. The number of nitrogens with one attached hydrogen (secondary N) is 1. The molecule has 3 rings (SSSR count). The first-order valence-electron chi connectivity index (χ1n) is 5.53. The number of rotatable bonds is 3. The summed E-state index contributed by atoms with van der Waals surface area (Å²) in [6.45, 7) is 0. The molecule has 1 N–H and O–H groups in total. The second-order valence-electron chi connectivity index (χ2n) is 3.92. The normalized spacial score (nSPS) is 10.7.